The van der Waals surface area contributed by atoms with Gasteiger partial charge in [0.25, 0.3) is 0 Å². The van der Waals surface area contributed by atoms with Crippen LogP contribution in [0.25, 0.3) is 0 Å². The minimum atomic E-state index is -0.480. The molecule has 0 aliphatic carbocycles. The van der Waals surface area contributed by atoms with Crippen molar-refractivity contribution in [3.05, 3.63) is 17.5 Å². The minimum absolute atomic E-state index is 0.144. The van der Waals surface area contributed by atoms with Gasteiger partial charge in [0.2, 0.25) is 0 Å². The van der Waals surface area contributed by atoms with Gasteiger partial charge >= 0.3 is 11.9 Å². The second-order valence-corrected chi connectivity index (χ2v) is 3.29. The summed E-state index contributed by atoms with van der Waals surface area (Å²) in [7, 11) is 0. The fraction of sp³-hybridized carbons (Fsp3) is 0.444. The molecule has 2 rings (SSSR count). The van der Waals surface area contributed by atoms with Crippen molar-refractivity contribution in [2.45, 2.75) is 25.7 Å². The Hall–Kier alpha value is -1.65. The van der Waals surface area contributed by atoms with E-state index >= 15 is 0 Å². The van der Waals surface area contributed by atoms with E-state index in [0.29, 0.717) is 5.76 Å². The summed E-state index contributed by atoms with van der Waals surface area (Å²) < 4.78 is 9.30. The van der Waals surface area contributed by atoms with Crippen LogP contribution in [-0.4, -0.2) is 17.1 Å². The molecular formula is C9H9NO4. The van der Waals surface area contributed by atoms with Gasteiger partial charge < -0.3 is 9.26 Å². The Bertz CT molecular complexity index is 366. The van der Waals surface area contributed by atoms with Crippen LogP contribution >= 0.6 is 0 Å². The van der Waals surface area contributed by atoms with Crippen LogP contribution in [0, 0.1) is 6.92 Å². The summed E-state index contributed by atoms with van der Waals surface area (Å²) in [6.07, 6.45) is 1.98. The SMILES string of the molecule is Cc1oncc1C1CC(=O)OC(=O)C1. The molecule has 1 saturated heterocycles. The Kier molecular flexibility index (Phi) is 2.07. The molecule has 0 amide bonds. The number of rotatable bonds is 1. The third-order valence-corrected chi connectivity index (χ3v) is 2.28. The highest BCUT2D eigenvalue weighted by molar-refractivity contribution is 5.89. The second-order valence-electron chi connectivity index (χ2n) is 3.29. The predicted molar refractivity (Wildman–Crippen MR) is 44.3 cm³/mol. The molecule has 1 aliphatic heterocycles. The first-order valence-electron chi connectivity index (χ1n) is 4.31. The maximum atomic E-state index is 11.0. The zero-order valence-electron chi connectivity index (χ0n) is 7.65. The summed E-state index contributed by atoms with van der Waals surface area (Å²) in [6.45, 7) is 1.76. The van der Waals surface area contributed by atoms with Crippen molar-refractivity contribution in [3.8, 4) is 0 Å². The molecule has 1 fully saturated rings. The molecule has 5 heteroatoms. The van der Waals surface area contributed by atoms with E-state index in [9.17, 15) is 9.59 Å². The molecule has 1 aromatic rings. The van der Waals surface area contributed by atoms with Gasteiger partial charge in [-0.2, -0.15) is 0 Å². The molecule has 0 spiro atoms. The summed E-state index contributed by atoms with van der Waals surface area (Å²) in [4.78, 5) is 22.0. The maximum absolute atomic E-state index is 11.0. The van der Waals surface area contributed by atoms with Crippen molar-refractivity contribution in [2.75, 3.05) is 0 Å². The van der Waals surface area contributed by atoms with Gasteiger partial charge in [-0.25, -0.2) is 0 Å². The molecule has 1 aromatic heterocycles. The number of hydrogen-bond donors (Lipinski definition) is 0. The fourth-order valence-corrected chi connectivity index (χ4v) is 1.60. The number of esters is 2. The molecule has 0 atom stereocenters. The second kappa shape index (κ2) is 3.25. The van der Waals surface area contributed by atoms with Crippen molar-refractivity contribution in [1.29, 1.82) is 0 Å². The molecule has 0 saturated carbocycles. The monoisotopic (exact) mass is 195 g/mol. The van der Waals surface area contributed by atoms with Crippen molar-refractivity contribution < 1.29 is 18.8 Å². The van der Waals surface area contributed by atoms with Crippen LogP contribution < -0.4 is 0 Å². The molecule has 14 heavy (non-hydrogen) atoms. The van der Waals surface area contributed by atoms with E-state index in [-0.39, 0.29) is 18.8 Å². The Morgan fingerprint density at radius 3 is 2.50 bits per heavy atom. The van der Waals surface area contributed by atoms with Crippen molar-refractivity contribution in [3.63, 3.8) is 0 Å². The minimum Gasteiger partial charge on any atom is -0.393 e. The molecule has 2 heterocycles. The van der Waals surface area contributed by atoms with Crippen LogP contribution in [0.1, 0.15) is 30.1 Å². The summed E-state index contributed by atoms with van der Waals surface area (Å²) in [6, 6.07) is 0. The first kappa shape index (κ1) is 8.93. The first-order chi connectivity index (χ1) is 6.66. The average Bonchev–Trinajstić information content (AvgIpc) is 2.49. The Balaban J connectivity index is 2.23. The number of aromatic nitrogens is 1. The average molecular weight is 195 g/mol. The lowest BCUT2D eigenvalue weighted by atomic mass is 9.92. The molecule has 0 aromatic carbocycles. The van der Waals surface area contributed by atoms with Crippen LogP contribution in [0.4, 0.5) is 0 Å². The van der Waals surface area contributed by atoms with Gasteiger partial charge in [0.05, 0.1) is 19.0 Å². The number of carbonyl (C=O) groups is 2. The van der Waals surface area contributed by atoms with Gasteiger partial charge in [-0.1, -0.05) is 5.16 Å². The Morgan fingerprint density at radius 2 is 2.00 bits per heavy atom. The third-order valence-electron chi connectivity index (χ3n) is 2.28. The molecule has 0 unspecified atom stereocenters. The highest BCUT2D eigenvalue weighted by Crippen LogP contribution is 2.29. The number of nitrogens with zero attached hydrogens (tertiary/aromatic N) is 1. The van der Waals surface area contributed by atoms with Gasteiger partial charge in [0, 0.05) is 11.5 Å². The fourth-order valence-electron chi connectivity index (χ4n) is 1.60. The van der Waals surface area contributed by atoms with Crippen molar-refractivity contribution in [1.82, 2.24) is 5.16 Å². The summed E-state index contributed by atoms with van der Waals surface area (Å²) in [5.74, 6) is -0.453. The normalized spacial score (nSPS) is 18.4. The number of hydrogen-bond acceptors (Lipinski definition) is 5. The lowest BCUT2D eigenvalue weighted by Crippen LogP contribution is -2.24. The van der Waals surface area contributed by atoms with Crippen molar-refractivity contribution >= 4 is 11.9 Å². The maximum Gasteiger partial charge on any atom is 0.314 e. The van der Waals surface area contributed by atoms with Crippen LogP contribution in [0.5, 0.6) is 0 Å². The van der Waals surface area contributed by atoms with E-state index in [1.807, 2.05) is 0 Å². The van der Waals surface area contributed by atoms with Gasteiger partial charge in [-0.3, -0.25) is 9.59 Å². The molecule has 0 bridgehead atoms. The quantitative estimate of drug-likeness (QED) is 0.492. The highest BCUT2D eigenvalue weighted by atomic mass is 16.6. The first-order valence-corrected chi connectivity index (χ1v) is 4.31. The Labute approximate surface area is 80.0 Å². The Morgan fingerprint density at radius 1 is 1.36 bits per heavy atom. The number of ether oxygens (including phenoxy) is 1. The largest absolute Gasteiger partial charge is 0.393 e. The molecule has 74 valence electrons. The molecule has 0 N–H and O–H groups in total. The smallest absolute Gasteiger partial charge is 0.314 e. The summed E-state index contributed by atoms with van der Waals surface area (Å²) in [5, 5.41) is 3.61. The van der Waals surface area contributed by atoms with E-state index in [1.54, 1.807) is 13.1 Å². The van der Waals surface area contributed by atoms with Crippen molar-refractivity contribution in [2.24, 2.45) is 0 Å². The predicted octanol–water partition coefficient (Wildman–Crippen LogP) is 0.930. The van der Waals surface area contributed by atoms with E-state index in [1.165, 1.54) is 0 Å². The number of cyclic esters (lactones) is 2. The van der Waals surface area contributed by atoms with Crippen LogP contribution in [-0.2, 0) is 14.3 Å². The highest BCUT2D eigenvalue weighted by Gasteiger charge is 2.30. The van der Waals surface area contributed by atoms with Crippen LogP contribution in [0.2, 0.25) is 0 Å². The lowest BCUT2D eigenvalue weighted by Gasteiger charge is -2.18. The number of carbonyl (C=O) groups excluding carboxylic acids is 2. The third kappa shape index (κ3) is 1.53. The molecule has 0 radical (unpaired) electrons. The molecule has 5 nitrogen and oxygen atoms in total. The van der Waals surface area contributed by atoms with Gasteiger partial charge in [-0.05, 0) is 6.92 Å². The van der Waals surface area contributed by atoms with Crippen LogP contribution in [0.15, 0.2) is 10.7 Å². The molecule has 1 aliphatic rings. The van der Waals surface area contributed by atoms with E-state index in [0.717, 1.165) is 5.56 Å². The van der Waals surface area contributed by atoms with E-state index < -0.39 is 11.9 Å². The van der Waals surface area contributed by atoms with Gasteiger partial charge in [0.15, 0.2) is 0 Å². The van der Waals surface area contributed by atoms with Gasteiger partial charge in [0.1, 0.15) is 5.76 Å². The topological polar surface area (TPSA) is 69.4 Å². The summed E-state index contributed by atoms with van der Waals surface area (Å²) >= 11 is 0. The zero-order valence-corrected chi connectivity index (χ0v) is 7.65. The molecular weight excluding hydrogens is 186 g/mol. The summed E-state index contributed by atoms with van der Waals surface area (Å²) in [5.41, 5.74) is 0.815. The lowest BCUT2D eigenvalue weighted by molar-refractivity contribution is -0.163. The van der Waals surface area contributed by atoms with E-state index in [2.05, 4.69) is 9.89 Å². The van der Waals surface area contributed by atoms with E-state index in [4.69, 9.17) is 4.52 Å². The zero-order chi connectivity index (χ0) is 10.1. The standard InChI is InChI=1S/C9H9NO4/c1-5-7(4-10-14-5)6-2-8(11)13-9(12)3-6/h4,6H,2-3H2,1H3. The number of aryl methyl sites for hydroxylation is 1. The van der Waals surface area contributed by atoms with Gasteiger partial charge in [-0.15, -0.1) is 0 Å². The van der Waals surface area contributed by atoms with Crippen LogP contribution in [0.3, 0.4) is 0 Å².